The highest BCUT2D eigenvalue weighted by molar-refractivity contribution is 6.08. The number of phenols is 3. The van der Waals surface area contributed by atoms with Gasteiger partial charge in [-0.05, 0) is 162 Å². The number of halogens is 9. The second-order valence-corrected chi connectivity index (χ2v) is 36.0. The molecule has 4 N–H and O–H groups in total. The molecule has 136 heavy (non-hydrogen) atoms. The number of piperazine rings is 3. The molecule has 0 aliphatic carbocycles. The maximum absolute atomic E-state index is 17.3. The van der Waals surface area contributed by atoms with Crippen molar-refractivity contribution in [3.05, 3.63) is 247 Å². The number of benzene rings is 6. The Morgan fingerprint density at radius 3 is 1.15 bits per heavy atom. The van der Waals surface area contributed by atoms with Gasteiger partial charge >= 0.3 is 17.1 Å². The minimum atomic E-state index is -1.28. The summed E-state index contributed by atoms with van der Waals surface area (Å²) in [4.78, 5) is 120. The molecule has 3 amide bonds. The summed E-state index contributed by atoms with van der Waals surface area (Å²) in [6.07, 6.45) is 9.63. The van der Waals surface area contributed by atoms with Gasteiger partial charge in [-0.3, -0.25) is 43.0 Å². The molecule has 36 heteroatoms. The zero-order valence-corrected chi connectivity index (χ0v) is 77.0. The summed E-state index contributed by atoms with van der Waals surface area (Å²) in [5.41, 5.74) is -4.33. The largest absolute Gasteiger partial charge is 0.507 e. The van der Waals surface area contributed by atoms with Crippen LogP contribution in [0.1, 0.15) is 133 Å². The molecular formula is C100H100F9N17O10. The number of aromatic hydroxyl groups is 3. The van der Waals surface area contributed by atoms with Crippen LogP contribution in [0.3, 0.4) is 0 Å². The molecule has 18 rings (SSSR count). The third-order valence-corrected chi connectivity index (χ3v) is 26.4. The number of aromatic nitrogens is 9. The molecule has 0 radical (unpaired) electrons. The fourth-order valence-corrected chi connectivity index (χ4v) is 19.9. The van der Waals surface area contributed by atoms with Gasteiger partial charge in [-0.25, -0.2) is 53.9 Å². The van der Waals surface area contributed by atoms with Gasteiger partial charge in [0.25, 0.3) is 0 Å². The third-order valence-electron chi connectivity index (χ3n) is 26.4. The van der Waals surface area contributed by atoms with E-state index in [2.05, 4.69) is 55.0 Å². The van der Waals surface area contributed by atoms with E-state index in [1.807, 2.05) is 72.1 Å². The van der Waals surface area contributed by atoms with Crippen molar-refractivity contribution in [2.24, 2.45) is 0 Å². The minimum absolute atomic E-state index is 0.0115. The first-order valence-electron chi connectivity index (χ1n) is 44.7. The first-order valence-corrected chi connectivity index (χ1v) is 44.7. The molecular weight excluding hydrogens is 1770 g/mol. The summed E-state index contributed by atoms with van der Waals surface area (Å²) >= 11 is 0. The Balaban J connectivity index is 0.000000148. The Morgan fingerprint density at radius 1 is 0.434 bits per heavy atom. The Bertz CT molecular complexity index is 6850. The minimum Gasteiger partial charge on any atom is -0.507 e. The van der Waals surface area contributed by atoms with Crippen LogP contribution in [-0.2, 0) is 14.4 Å². The van der Waals surface area contributed by atoms with Gasteiger partial charge < -0.3 is 59.7 Å². The maximum Gasteiger partial charge on any atom is 0.354 e. The zero-order chi connectivity index (χ0) is 97.8. The van der Waals surface area contributed by atoms with Gasteiger partial charge in [0.2, 0.25) is 17.7 Å². The number of nitrogens with zero attached hydrogens (tertiary/aromatic N) is 16. The topological polar surface area (TPSA) is 299 Å². The van der Waals surface area contributed by atoms with E-state index >= 15 is 39.5 Å². The average molecular weight is 1870 g/mol. The molecule has 6 aliphatic heterocycles. The van der Waals surface area contributed by atoms with Crippen LogP contribution in [0, 0.1) is 73.1 Å². The third kappa shape index (κ3) is 15.9. The normalized spacial score (nSPS) is 18.0. The number of carbonyl (C=O) groups excluding carboxylic acids is 3. The number of anilines is 5. The fraction of sp³-hybridized carbons (Fsp3) is 0.340. The quantitative estimate of drug-likeness (QED) is 0.0652. The van der Waals surface area contributed by atoms with Crippen LogP contribution in [0.15, 0.2) is 144 Å². The summed E-state index contributed by atoms with van der Waals surface area (Å²) in [6, 6.07) is 13.0. The molecule has 3 saturated heterocycles. The van der Waals surface area contributed by atoms with E-state index in [9.17, 15) is 44.1 Å². The molecule has 6 aromatic heterocycles. The van der Waals surface area contributed by atoms with Crippen LogP contribution in [0.2, 0.25) is 0 Å². The SMILES string of the molecule is C=CC(=O)N1CC2CCN(C)c3c(F)c(-c4c(O)cccc4F)c(F)c4c3c(nc(=O)n4-c3c(C)ccnc3C(C)C)N2CC1C.C=CC(=O)N1CC2CCNc3c(F)c(-c4c(O)cccc4F)c(F)c4c3c(nc(=O)n4-c3c(C)ccnc3C(C)C)N2CC1C.C=CC(=O)N1CC2CCOc3c(F)c(-c4c(O)cccc4F)c(F)c4c3c(nc(=O)n4-c3c(C)ccnc3C(C)C)N2CC1C. The number of hydrogen-bond acceptors (Lipinski definition) is 21. The van der Waals surface area contributed by atoms with E-state index < -0.39 is 137 Å². The number of carbonyl (C=O) groups is 3. The van der Waals surface area contributed by atoms with E-state index in [4.69, 9.17) is 4.74 Å². The lowest BCUT2D eigenvalue weighted by Gasteiger charge is -2.47. The molecule has 0 saturated carbocycles. The van der Waals surface area contributed by atoms with Crippen molar-refractivity contribution in [1.82, 2.24) is 58.3 Å². The predicted molar refractivity (Wildman–Crippen MR) is 501 cm³/mol. The number of nitrogens with one attached hydrogen (secondary N) is 1. The monoisotopic (exact) mass is 1870 g/mol. The van der Waals surface area contributed by atoms with Gasteiger partial charge in [0.15, 0.2) is 40.7 Å². The van der Waals surface area contributed by atoms with Crippen LogP contribution >= 0.6 is 0 Å². The van der Waals surface area contributed by atoms with Crippen molar-refractivity contribution in [2.75, 3.05) is 90.9 Å². The first kappa shape index (κ1) is 94.6. The van der Waals surface area contributed by atoms with Crippen LogP contribution in [0.4, 0.5) is 68.3 Å². The second-order valence-electron chi connectivity index (χ2n) is 36.0. The number of hydrogen-bond donors (Lipinski definition) is 4. The summed E-state index contributed by atoms with van der Waals surface area (Å²) < 4.78 is 157. The number of pyridine rings is 3. The van der Waals surface area contributed by atoms with E-state index in [-0.39, 0.29) is 198 Å². The number of phenolic OH excluding ortho intramolecular Hbond substituents is 3. The number of rotatable bonds is 12. The molecule has 0 bridgehead atoms. The number of aryl methyl sites for hydroxylation is 3. The Hall–Kier alpha value is -14.6. The van der Waals surface area contributed by atoms with E-state index in [0.717, 1.165) is 50.1 Å². The predicted octanol–water partition coefficient (Wildman–Crippen LogP) is 16.2. The number of ether oxygens (including phenoxy) is 1. The van der Waals surface area contributed by atoms with Crippen LogP contribution in [0.25, 0.3) is 83.2 Å². The fourth-order valence-electron chi connectivity index (χ4n) is 19.9. The van der Waals surface area contributed by atoms with E-state index in [0.29, 0.717) is 53.0 Å². The molecule has 6 unspecified atom stereocenters. The molecule has 27 nitrogen and oxygen atoms in total. The molecule has 3 fully saturated rings. The van der Waals surface area contributed by atoms with Gasteiger partial charge in [-0.15, -0.1) is 0 Å². The summed E-state index contributed by atoms with van der Waals surface area (Å²) in [7, 11) is 1.63. The van der Waals surface area contributed by atoms with Crippen molar-refractivity contribution in [1.29, 1.82) is 0 Å². The molecule has 0 spiro atoms. The standard InChI is InChI=1S/C34H35F3N6O3.C33H33F3N6O3.C33H32F3N5O4/c1-7-23(45)41-16-20-12-14-40(6)31-26-32(28(37)25(27(31)36)24-21(35)9-8-10-22(24)44)43(30-18(4)11-13-38-29(30)17(2)3)34(46)39-33(26)42(20)15-19(41)5;1-6-22(44)40-15-19-11-13-38-29-25-31(27(36)24(26(29)35)23-20(34)8-7-9-21(23)43)42(30-17(4)10-12-37-28(30)16(2)3)33(45)39-32(25)41(19)14-18(40)5;1-6-22(43)39-15-19-11-13-45-31-25-30(26(35)24(27(31)36)23-20(34)8-7-9-21(23)42)41(29-17(4)10-12-37-28(29)16(2)3)33(44)38-32(25)40(19)14-18(39)5/h7-11,13,17,19-20,44H,1,12,14-16H2,2-6H3;6-10,12,16,18-19,38,43H,1,11,13-15H2,2-5H3;6-10,12,16,18-19,42H,1,11,13-15H2,2-5H3. The zero-order valence-electron chi connectivity index (χ0n) is 77.0. The van der Waals surface area contributed by atoms with Gasteiger partial charge in [0, 0.05) is 115 Å². The highest BCUT2D eigenvalue weighted by Crippen LogP contribution is 2.53. The Morgan fingerprint density at radius 2 is 0.772 bits per heavy atom. The van der Waals surface area contributed by atoms with Crippen molar-refractivity contribution < 1.29 is 74.0 Å². The molecule has 12 aromatic rings. The summed E-state index contributed by atoms with van der Waals surface area (Å²) in [6.45, 7) is 34.7. The lowest BCUT2D eigenvalue weighted by atomic mass is 9.95. The van der Waals surface area contributed by atoms with Crippen molar-refractivity contribution >= 4 is 79.3 Å². The average Bonchev–Trinajstić information content (AvgIpc) is 0.716. The van der Waals surface area contributed by atoms with E-state index in [1.54, 1.807) is 89.1 Å². The van der Waals surface area contributed by atoms with E-state index in [1.165, 1.54) is 36.4 Å². The lowest BCUT2D eigenvalue weighted by molar-refractivity contribution is -0.129. The first-order chi connectivity index (χ1) is 64.8. The van der Waals surface area contributed by atoms with Crippen LogP contribution in [-0.4, -0.2) is 194 Å². The highest BCUT2D eigenvalue weighted by Gasteiger charge is 2.46. The number of fused-ring (bicyclic) bond motifs is 6. The van der Waals surface area contributed by atoms with Gasteiger partial charge in [0.05, 0.1) is 108 Å². The molecule has 6 atom stereocenters. The summed E-state index contributed by atoms with van der Waals surface area (Å²) in [5, 5.41) is 34.9. The molecule has 708 valence electrons. The van der Waals surface area contributed by atoms with Gasteiger partial charge in [0.1, 0.15) is 68.7 Å². The summed E-state index contributed by atoms with van der Waals surface area (Å²) in [5.74, 6) is -14.0. The second kappa shape index (κ2) is 37.0. The molecule has 12 heterocycles. The molecule has 6 aromatic carbocycles. The molecule has 6 aliphatic rings. The van der Waals surface area contributed by atoms with Crippen LogP contribution < -0.4 is 46.7 Å². The van der Waals surface area contributed by atoms with Gasteiger partial charge in [-0.1, -0.05) is 79.5 Å². The number of amides is 3. The van der Waals surface area contributed by atoms with Crippen LogP contribution in [0.5, 0.6) is 23.0 Å². The van der Waals surface area contributed by atoms with Crippen molar-refractivity contribution in [3.8, 4) is 73.4 Å². The Labute approximate surface area is 775 Å². The highest BCUT2D eigenvalue weighted by atomic mass is 19.2. The Kier molecular flexibility index (Phi) is 25.7. The maximum atomic E-state index is 17.3. The smallest absolute Gasteiger partial charge is 0.354 e. The van der Waals surface area contributed by atoms with Crippen molar-refractivity contribution in [3.63, 3.8) is 0 Å². The van der Waals surface area contributed by atoms with Gasteiger partial charge in [-0.2, -0.15) is 15.0 Å². The lowest BCUT2D eigenvalue weighted by Crippen LogP contribution is -2.60. The van der Waals surface area contributed by atoms with Crippen molar-refractivity contribution in [2.45, 2.75) is 156 Å².